The van der Waals surface area contributed by atoms with E-state index in [0.29, 0.717) is 13.0 Å². The van der Waals surface area contributed by atoms with Crippen molar-refractivity contribution < 1.29 is 14.6 Å². The smallest absolute Gasteiger partial charge is 0.309 e. The Morgan fingerprint density at radius 2 is 2.50 bits per heavy atom. The lowest BCUT2D eigenvalue weighted by Crippen LogP contribution is -2.17. The average molecular weight is 193 g/mol. The van der Waals surface area contributed by atoms with E-state index >= 15 is 0 Å². The van der Waals surface area contributed by atoms with Gasteiger partial charge in [-0.05, 0) is 18.1 Å². The number of hydrogen-bond donors (Lipinski definition) is 1. The van der Waals surface area contributed by atoms with Crippen LogP contribution in [0.4, 0.5) is 0 Å². The Bertz CT molecular complexity index is 325. The van der Waals surface area contributed by atoms with E-state index in [1.54, 1.807) is 18.5 Å². The third kappa shape index (κ3) is 1.61. The minimum Gasteiger partial charge on any atom is -0.481 e. The van der Waals surface area contributed by atoms with Gasteiger partial charge >= 0.3 is 5.97 Å². The average Bonchev–Trinajstić information content (AvgIpc) is 2.67. The first-order valence-corrected chi connectivity index (χ1v) is 4.53. The van der Waals surface area contributed by atoms with Crippen LogP contribution in [0, 0.1) is 5.92 Å². The van der Waals surface area contributed by atoms with Gasteiger partial charge in [0.05, 0.1) is 12.0 Å². The van der Waals surface area contributed by atoms with Gasteiger partial charge in [-0.1, -0.05) is 6.07 Å². The first-order chi connectivity index (χ1) is 6.79. The van der Waals surface area contributed by atoms with Crippen LogP contribution < -0.4 is 0 Å². The molecule has 2 unspecified atom stereocenters. The Balaban J connectivity index is 2.22. The van der Waals surface area contributed by atoms with Crippen LogP contribution in [-0.4, -0.2) is 22.7 Å². The molecule has 0 spiro atoms. The minimum atomic E-state index is -0.795. The van der Waals surface area contributed by atoms with Gasteiger partial charge in [-0.2, -0.15) is 0 Å². The van der Waals surface area contributed by atoms with Crippen molar-refractivity contribution in [1.82, 2.24) is 4.98 Å². The normalized spacial score (nSPS) is 26.3. The third-order valence-corrected chi connectivity index (χ3v) is 2.42. The number of rotatable bonds is 2. The number of carboxylic acid groups (broad SMARTS) is 1. The van der Waals surface area contributed by atoms with Crippen LogP contribution in [0.25, 0.3) is 0 Å². The van der Waals surface area contributed by atoms with Crippen molar-refractivity contribution >= 4 is 5.97 Å². The molecule has 0 amide bonds. The summed E-state index contributed by atoms with van der Waals surface area (Å²) in [5.41, 5.74) is 0.845. The molecule has 1 aliphatic heterocycles. The largest absolute Gasteiger partial charge is 0.481 e. The van der Waals surface area contributed by atoms with E-state index in [1.807, 2.05) is 6.07 Å². The number of aromatic nitrogens is 1. The molecule has 1 aromatic rings. The van der Waals surface area contributed by atoms with Crippen LogP contribution in [0.15, 0.2) is 24.5 Å². The van der Waals surface area contributed by atoms with Crippen molar-refractivity contribution in [2.75, 3.05) is 6.61 Å². The van der Waals surface area contributed by atoms with E-state index in [4.69, 9.17) is 9.84 Å². The fourth-order valence-corrected chi connectivity index (χ4v) is 1.72. The molecule has 1 aliphatic rings. The minimum absolute atomic E-state index is 0.332. The zero-order chi connectivity index (χ0) is 9.97. The molecule has 2 atom stereocenters. The molecular formula is C10H11NO3. The zero-order valence-corrected chi connectivity index (χ0v) is 7.59. The predicted octanol–water partition coefficient (Wildman–Crippen LogP) is 1.24. The maximum atomic E-state index is 10.9. The summed E-state index contributed by atoms with van der Waals surface area (Å²) in [6.07, 6.45) is 3.57. The molecular weight excluding hydrogens is 182 g/mol. The molecule has 4 nitrogen and oxygen atoms in total. The van der Waals surface area contributed by atoms with E-state index < -0.39 is 11.9 Å². The van der Waals surface area contributed by atoms with Crippen LogP contribution in [0.3, 0.4) is 0 Å². The lowest BCUT2D eigenvalue weighted by Gasteiger charge is -2.14. The molecule has 1 aromatic heterocycles. The number of nitrogens with zero attached hydrogens (tertiary/aromatic N) is 1. The van der Waals surface area contributed by atoms with Crippen molar-refractivity contribution in [2.24, 2.45) is 5.92 Å². The molecule has 1 saturated heterocycles. The number of carboxylic acids is 1. The number of pyridine rings is 1. The van der Waals surface area contributed by atoms with Crippen molar-refractivity contribution in [3.63, 3.8) is 0 Å². The Hall–Kier alpha value is -1.42. The van der Waals surface area contributed by atoms with Crippen LogP contribution in [0.5, 0.6) is 0 Å². The molecule has 4 heteroatoms. The Labute approximate surface area is 81.5 Å². The number of carbonyl (C=O) groups is 1. The molecule has 0 saturated carbocycles. The number of aliphatic carboxylic acids is 1. The van der Waals surface area contributed by atoms with Gasteiger partial charge in [-0.25, -0.2) is 0 Å². The fourth-order valence-electron chi connectivity index (χ4n) is 1.72. The van der Waals surface area contributed by atoms with Crippen molar-refractivity contribution in [3.05, 3.63) is 30.1 Å². The van der Waals surface area contributed by atoms with Gasteiger partial charge in [0, 0.05) is 19.0 Å². The fraction of sp³-hybridized carbons (Fsp3) is 0.400. The lowest BCUT2D eigenvalue weighted by molar-refractivity contribution is -0.143. The topological polar surface area (TPSA) is 59.4 Å². The number of hydrogen-bond acceptors (Lipinski definition) is 3. The monoisotopic (exact) mass is 193 g/mol. The molecule has 1 fully saturated rings. The predicted molar refractivity (Wildman–Crippen MR) is 48.7 cm³/mol. The van der Waals surface area contributed by atoms with E-state index in [9.17, 15) is 4.79 Å². The van der Waals surface area contributed by atoms with Gasteiger partial charge in [-0.3, -0.25) is 9.78 Å². The highest BCUT2D eigenvalue weighted by molar-refractivity contribution is 5.71. The summed E-state index contributed by atoms with van der Waals surface area (Å²) in [6.45, 7) is 0.510. The maximum Gasteiger partial charge on any atom is 0.309 e. The second-order valence-corrected chi connectivity index (χ2v) is 3.31. The number of ether oxygens (including phenoxy) is 1. The highest BCUT2D eigenvalue weighted by atomic mass is 16.5. The van der Waals surface area contributed by atoms with Gasteiger partial charge in [0.15, 0.2) is 0 Å². The molecule has 0 radical (unpaired) electrons. The lowest BCUT2D eigenvalue weighted by atomic mass is 9.97. The summed E-state index contributed by atoms with van der Waals surface area (Å²) in [6, 6.07) is 3.63. The summed E-state index contributed by atoms with van der Waals surface area (Å²) in [4.78, 5) is 14.8. The second kappa shape index (κ2) is 3.75. The molecule has 0 aliphatic carbocycles. The molecule has 2 rings (SSSR count). The summed E-state index contributed by atoms with van der Waals surface area (Å²) < 4.78 is 5.39. The molecule has 2 heterocycles. The first-order valence-electron chi connectivity index (χ1n) is 4.53. The summed E-state index contributed by atoms with van der Waals surface area (Å²) in [5, 5.41) is 8.94. The van der Waals surface area contributed by atoms with Gasteiger partial charge in [-0.15, -0.1) is 0 Å². The highest BCUT2D eigenvalue weighted by Crippen LogP contribution is 2.33. The summed E-state index contributed by atoms with van der Waals surface area (Å²) in [7, 11) is 0. The molecule has 0 bridgehead atoms. The molecule has 0 aromatic carbocycles. The van der Waals surface area contributed by atoms with E-state index in [-0.39, 0.29) is 6.10 Å². The van der Waals surface area contributed by atoms with Crippen LogP contribution in [0.1, 0.15) is 18.1 Å². The molecule has 1 N–H and O–H groups in total. The maximum absolute atomic E-state index is 10.9. The zero-order valence-electron chi connectivity index (χ0n) is 7.59. The van der Waals surface area contributed by atoms with Crippen LogP contribution >= 0.6 is 0 Å². The molecule has 14 heavy (non-hydrogen) atoms. The Kier molecular flexibility index (Phi) is 2.45. The summed E-state index contributed by atoms with van der Waals surface area (Å²) >= 11 is 0. The van der Waals surface area contributed by atoms with Gasteiger partial charge in [0.25, 0.3) is 0 Å². The first kappa shape index (κ1) is 9.15. The van der Waals surface area contributed by atoms with E-state index in [0.717, 1.165) is 5.56 Å². The van der Waals surface area contributed by atoms with Gasteiger partial charge in [0.1, 0.15) is 0 Å². The van der Waals surface area contributed by atoms with Gasteiger partial charge in [0.2, 0.25) is 0 Å². The second-order valence-electron chi connectivity index (χ2n) is 3.31. The SMILES string of the molecule is O=C(O)C1CCOC1c1cccnc1. The third-order valence-electron chi connectivity index (χ3n) is 2.42. The van der Waals surface area contributed by atoms with E-state index in [2.05, 4.69) is 4.98 Å². The quantitative estimate of drug-likeness (QED) is 0.767. The highest BCUT2D eigenvalue weighted by Gasteiger charge is 2.35. The van der Waals surface area contributed by atoms with Gasteiger partial charge < -0.3 is 9.84 Å². The summed E-state index contributed by atoms with van der Waals surface area (Å²) in [5.74, 6) is -1.23. The Morgan fingerprint density at radius 1 is 1.64 bits per heavy atom. The van der Waals surface area contributed by atoms with Crippen LogP contribution in [-0.2, 0) is 9.53 Å². The van der Waals surface area contributed by atoms with Crippen molar-refractivity contribution in [1.29, 1.82) is 0 Å². The van der Waals surface area contributed by atoms with Crippen molar-refractivity contribution in [2.45, 2.75) is 12.5 Å². The van der Waals surface area contributed by atoms with Crippen molar-refractivity contribution in [3.8, 4) is 0 Å². The standard InChI is InChI=1S/C10H11NO3/c12-10(13)8-3-5-14-9(8)7-2-1-4-11-6-7/h1-2,4,6,8-9H,3,5H2,(H,12,13). The van der Waals surface area contributed by atoms with Crippen LogP contribution in [0.2, 0.25) is 0 Å². The van der Waals surface area contributed by atoms with E-state index in [1.165, 1.54) is 0 Å². The Morgan fingerprint density at radius 3 is 3.14 bits per heavy atom. The molecule has 74 valence electrons.